The minimum Gasteiger partial charge on any atom is -0.380 e. The van der Waals surface area contributed by atoms with Crippen LogP contribution in [-0.2, 0) is 32.3 Å². The highest BCUT2D eigenvalue weighted by atomic mass is 16.5. The van der Waals surface area contributed by atoms with Crippen molar-refractivity contribution in [2.75, 3.05) is 24.9 Å². The Labute approximate surface area is 153 Å². The van der Waals surface area contributed by atoms with E-state index in [9.17, 15) is 9.59 Å². The van der Waals surface area contributed by atoms with Gasteiger partial charge in [0.1, 0.15) is 0 Å². The number of nitrogens with one attached hydrogen (secondary N) is 2. The summed E-state index contributed by atoms with van der Waals surface area (Å²) in [4.78, 5) is 23.9. The second-order valence-electron chi connectivity index (χ2n) is 5.86. The van der Waals surface area contributed by atoms with Gasteiger partial charge in [0.05, 0.1) is 13.2 Å². The zero-order valence-electron chi connectivity index (χ0n) is 15.1. The van der Waals surface area contributed by atoms with Gasteiger partial charge in [-0.05, 0) is 35.4 Å². The SMILES string of the molecule is COCc1ccc(NC(=O)CCC(=O)Nc2ccc(COC)cc2)cc1. The molecule has 6 heteroatoms. The predicted octanol–water partition coefficient (Wildman–Crippen LogP) is 3.34. The van der Waals surface area contributed by atoms with Crippen LogP contribution in [0.4, 0.5) is 11.4 Å². The van der Waals surface area contributed by atoms with E-state index in [0.717, 1.165) is 11.1 Å². The topological polar surface area (TPSA) is 76.7 Å². The third-order valence-electron chi connectivity index (χ3n) is 3.68. The molecule has 0 unspecified atom stereocenters. The lowest BCUT2D eigenvalue weighted by Crippen LogP contribution is -2.17. The van der Waals surface area contributed by atoms with E-state index >= 15 is 0 Å². The quantitative estimate of drug-likeness (QED) is 0.722. The average Bonchev–Trinajstić information content (AvgIpc) is 2.64. The van der Waals surface area contributed by atoms with Crippen LogP contribution in [0.5, 0.6) is 0 Å². The maximum atomic E-state index is 12.0. The minimum atomic E-state index is -0.199. The van der Waals surface area contributed by atoms with Crippen molar-refractivity contribution in [3.05, 3.63) is 59.7 Å². The van der Waals surface area contributed by atoms with E-state index in [2.05, 4.69) is 10.6 Å². The fourth-order valence-corrected chi connectivity index (χ4v) is 2.38. The van der Waals surface area contributed by atoms with Crippen LogP contribution < -0.4 is 10.6 Å². The van der Waals surface area contributed by atoms with Crippen LogP contribution in [0.1, 0.15) is 24.0 Å². The van der Waals surface area contributed by atoms with Crippen LogP contribution in [0.3, 0.4) is 0 Å². The van der Waals surface area contributed by atoms with Gasteiger partial charge >= 0.3 is 0 Å². The Balaban J connectivity index is 1.74. The van der Waals surface area contributed by atoms with Crippen molar-refractivity contribution in [2.45, 2.75) is 26.1 Å². The van der Waals surface area contributed by atoms with Crippen LogP contribution in [0, 0.1) is 0 Å². The molecule has 2 amide bonds. The molecule has 0 saturated heterocycles. The lowest BCUT2D eigenvalue weighted by Gasteiger charge is -2.08. The Hall–Kier alpha value is -2.70. The summed E-state index contributed by atoms with van der Waals surface area (Å²) in [5, 5.41) is 5.56. The second kappa shape index (κ2) is 10.3. The number of benzene rings is 2. The number of methoxy groups -OCH3 is 2. The van der Waals surface area contributed by atoms with Crippen LogP contribution in [0.15, 0.2) is 48.5 Å². The Kier molecular flexibility index (Phi) is 7.79. The standard InChI is InChI=1S/C20H24N2O4/c1-25-13-15-3-7-17(8-4-15)21-19(23)11-12-20(24)22-18-9-5-16(6-10-18)14-26-2/h3-10H,11-14H2,1-2H3,(H,21,23)(H,22,24). The monoisotopic (exact) mass is 356 g/mol. The molecular weight excluding hydrogens is 332 g/mol. The van der Waals surface area contributed by atoms with Gasteiger partial charge in [0.2, 0.25) is 11.8 Å². The van der Waals surface area contributed by atoms with Gasteiger partial charge in [-0.25, -0.2) is 0 Å². The number of carbonyl (C=O) groups excluding carboxylic acids is 2. The Morgan fingerprint density at radius 3 is 1.35 bits per heavy atom. The molecule has 0 aliphatic heterocycles. The van der Waals surface area contributed by atoms with E-state index in [0.29, 0.717) is 24.6 Å². The summed E-state index contributed by atoms with van der Waals surface area (Å²) in [5.41, 5.74) is 3.45. The molecule has 0 aliphatic carbocycles. The molecule has 2 aromatic carbocycles. The van der Waals surface area contributed by atoms with E-state index < -0.39 is 0 Å². The maximum Gasteiger partial charge on any atom is 0.224 e. The van der Waals surface area contributed by atoms with Gasteiger partial charge in [-0.2, -0.15) is 0 Å². The van der Waals surface area contributed by atoms with Crippen LogP contribution in [-0.4, -0.2) is 26.0 Å². The third kappa shape index (κ3) is 6.66. The number of carbonyl (C=O) groups is 2. The number of ether oxygens (including phenoxy) is 2. The number of hydrogen-bond acceptors (Lipinski definition) is 4. The molecule has 2 aromatic rings. The van der Waals surface area contributed by atoms with Crippen molar-refractivity contribution in [2.24, 2.45) is 0 Å². The second-order valence-corrected chi connectivity index (χ2v) is 5.86. The number of amides is 2. The Morgan fingerprint density at radius 1 is 0.692 bits per heavy atom. The van der Waals surface area contributed by atoms with Gasteiger partial charge < -0.3 is 20.1 Å². The van der Waals surface area contributed by atoms with Crippen molar-refractivity contribution >= 4 is 23.2 Å². The molecule has 0 fully saturated rings. The fraction of sp³-hybridized carbons (Fsp3) is 0.300. The first-order valence-electron chi connectivity index (χ1n) is 8.36. The fourth-order valence-electron chi connectivity index (χ4n) is 2.38. The van der Waals surface area contributed by atoms with E-state index in [1.165, 1.54) is 0 Å². The largest absolute Gasteiger partial charge is 0.380 e. The molecule has 2 rings (SSSR count). The smallest absolute Gasteiger partial charge is 0.224 e. The first-order valence-corrected chi connectivity index (χ1v) is 8.36. The van der Waals surface area contributed by atoms with Gasteiger partial charge in [-0.3, -0.25) is 9.59 Å². The van der Waals surface area contributed by atoms with Crippen LogP contribution in [0.25, 0.3) is 0 Å². The summed E-state index contributed by atoms with van der Waals surface area (Å²) < 4.78 is 10.1. The van der Waals surface area contributed by atoms with Crippen molar-refractivity contribution < 1.29 is 19.1 Å². The van der Waals surface area contributed by atoms with E-state index in [1.807, 2.05) is 48.5 Å². The predicted molar refractivity (Wildman–Crippen MR) is 101 cm³/mol. The molecule has 0 atom stereocenters. The maximum absolute atomic E-state index is 12.0. The average molecular weight is 356 g/mol. The number of hydrogen-bond donors (Lipinski definition) is 2. The number of rotatable bonds is 9. The van der Waals surface area contributed by atoms with Gasteiger partial charge in [0.25, 0.3) is 0 Å². The zero-order chi connectivity index (χ0) is 18.8. The summed E-state index contributed by atoms with van der Waals surface area (Å²) in [6.45, 7) is 1.06. The summed E-state index contributed by atoms with van der Waals surface area (Å²) in [6, 6.07) is 14.8. The highest BCUT2D eigenvalue weighted by molar-refractivity contribution is 5.96. The molecule has 0 saturated carbocycles. The third-order valence-corrected chi connectivity index (χ3v) is 3.68. The summed E-state index contributed by atoms with van der Waals surface area (Å²) in [6.07, 6.45) is 0.237. The molecule has 0 heterocycles. The van der Waals surface area contributed by atoms with E-state index in [4.69, 9.17) is 9.47 Å². The molecule has 138 valence electrons. The molecule has 0 aromatic heterocycles. The van der Waals surface area contributed by atoms with E-state index in [-0.39, 0.29) is 24.7 Å². The Morgan fingerprint density at radius 2 is 1.04 bits per heavy atom. The molecule has 0 bridgehead atoms. The van der Waals surface area contributed by atoms with Crippen LogP contribution >= 0.6 is 0 Å². The molecular formula is C20H24N2O4. The van der Waals surface area contributed by atoms with E-state index in [1.54, 1.807) is 14.2 Å². The van der Waals surface area contributed by atoms with Crippen molar-refractivity contribution in [1.29, 1.82) is 0 Å². The normalized spacial score (nSPS) is 10.4. The van der Waals surface area contributed by atoms with Crippen molar-refractivity contribution in [3.8, 4) is 0 Å². The highest BCUT2D eigenvalue weighted by Gasteiger charge is 2.08. The van der Waals surface area contributed by atoms with Gasteiger partial charge in [-0.1, -0.05) is 24.3 Å². The molecule has 6 nitrogen and oxygen atoms in total. The van der Waals surface area contributed by atoms with Gasteiger partial charge in [0, 0.05) is 38.4 Å². The molecule has 26 heavy (non-hydrogen) atoms. The van der Waals surface area contributed by atoms with Crippen molar-refractivity contribution in [3.63, 3.8) is 0 Å². The highest BCUT2D eigenvalue weighted by Crippen LogP contribution is 2.12. The van der Waals surface area contributed by atoms with Crippen LogP contribution in [0.2, 0.25) is 0 Å². The summed E-state index contributed by atoms with van der Waals surface area (Å²) >= 11 is 0. The lowest BCUT2D eigenvalue weighted by molar-refractivity contribution is -0.121. The summed E-state index contributed by atoms with van der Waals surface area (Å²) in [7, 11) is 3.27. The van der Waals surface area contributed by atoms with Gasteiger partial charge in [-0.15, -0.1) is 0 Å². The molecule has 0 aliphatic rings. The minimum absolute atomic E-state index is 0.118. The molecule has 0 radical (unpaired) electrons. The first-order chi connectivity index (χ1) is 12.6. The van der Waals surface area contributed by atoms with Gasteiger partial charge in [0.15, 0.2) is 0 Å². The zero-order valence-corrected chi connectivity index (χ0v) is 15.1. The molecule has 2 N–H and O–H groups in total. The number of anilines is 2. The Bertz CT molecular complexity index is 648. The lowest BCUT2D eigenvalue weighted by atomic mass is 10.2. The molecule has 0 spiro atoms. The first kappa shape index (κ1) is 19.6. The van der Waals surface area contributed by atoms with Crippen molar-refractivity contribution in [1.82, 2.24) is 0 Å². The summed E-state index contributed by atoms with van der Waals surface area (Å²) in [5.74, 6) is -0.398.